The van der Waals surface area contributed by atoms with Crippen molar-refractivity contribution in [1.29, 1.82) is 0 Å². The van der Waals surface area contributed by atoms with Gasteiger partial charge in [-0.05, 0) is 43.9 Å². The van der Waals surface area contributed by atoms with Gasteiger partial charge in [0.25, 0.3) is 0 Å². The van der Waals surface area contributed by atoms with E-state index in [9.17, 15) is 4.79 Å². The van der Waals surface area contributed by atoms with Crippen LogP contribution in [0.5, 0.6) is 0 Å². The molecule has 3 rings (SSSR count). The Labute approximate surface area is 127 Å². The minimum absolute atomic E-state index is 0.177. The summed E-state index contributed by atoms with van der Waals surface area (Å²) in [5.74, 6) is 0.177. The van der Waals surface area contributed by atoms with E-state index in [0.717, 1.165) is 35.0 Å². The minimum atomic E-state index is -0.381. The van der Waals surface area contributed by atoms with Crippen molar-refractivity contribution in [2.24, 2.45) is 0 Å². The number of carbonyl (C=O) groups excluding carboxylic acids is 1. The molecule has 0 aromatic heterocycles. The number of fused-ring (bicyclic) bond motifs is 2. The molecule has 4 heteroatoms. The predicted molar refractivity (Wildman–Crippen MR) is 82.8 cm³/mol. The first-order chi connectivity index (χ1) is 9.58. The zero-order valence-electron chi connectivity index (χ0n) is 11.8. The molecule has 1 amide bonds. The molecule has 1 atom stereocenters. The molecule has 0 radical (unpaired) electrons. The Bertz CT molecular complexity index is 596. The topological polar surface area (TPSA) is 29.5 Å². The normalized spacial score (nSPS) is 25.1. The van der Waals surface area contributed by atoms with Gasteiger partial charge in [-0.1, -0.05) is 33.6 Å². The quantitative estimate of drug-likeness (QED) is 0.770. The molecule has 1 aliphatic heterocycles. The number of methoxy groups -OCH3 is 1. The zero-order chi connectivity index (χ0) is 14.3. The van der Waals surface area contributed by atoms with Crippen LogP contribution in [0.25, 0.3) is 0 Å². The van der Waals surface area contributed by atoms with E-state index in [2.05, 4.69) is 35.0 Å². The Morgan fingerprint density at radius 2 is 2.25 bits per heavy atom. The van der Waals surface area contributed by atoms with Gasteiger partial charge in [0.05, 0.1) is 11.1 Å². The van der Waals surface area contributed by atoms with E-state index in [1.165, 1.54) is 5.57 Å². The first-order valence-electron chi connectivity index (χ1n) is 6.85. The van der Waals surface area contributed by atoms with Crippen LogP contribution in [0, 0.1) is 0 Å². The van der Waals surface area contributed by atoms with Gasteiger partial charge in [-0.25, -0.2) is 0 Å². The van der Waals surface area contributed by atoms with E-state index in [0.29, 0.717) is 6.73 Å². The Kier molecular flexibility index (Phi) is 3.46. The van der Waals surface area contributed by atoms with Crippen molar-refractivity contribution in [3.63, 3.8) is 0 Å². The lowest BCUT2D eigenvalue weighted by Crippen LogP contribution is -2.42. The van der Waals surface area contributed by atoms with Gasteiger partial charge in [-0.15, -0.1) is 0 Å². The molecule has 1 spiro atoms. The molecule has 2 aliphatic rings. The Morgan fingerprint density at radius 1 is 1.45 bits per heavy atom. The van der Waals surface area contributed by atoms with Crippen molar-refractivity contribution in [2.45, 2.75) is 31.6 Å². The van der Waals surface area contributed by atoms with Crippen molar-refractivity contribution < 1.29 is 9.53 Å². The predicted octanol–water partition coefficient (Wildman–Crippen LogP) is 3.77. The molecule has 20 heavy (non-hydrogen) atoms. The van der Waals surface area contributed by atoms with Crippen LogP contribution >= 0.6 is 15.9 Å². The highest BCUT2D eigenvalue weighted by Crippen LogP contribution is 2.50. The number of nitrogens with zero attached hydrogens (tertiary/aromatic N) is 1. The highest BCUT2D eigenvalue weighted by Gasteiger charge is 2.50. The number of allylic oxidation sites excluding steroid dienone is 2. The average molecular weight is 336 g/mol. The van der Waals surface area contributed by atoms with Gasteiger partial charge in [0.1, 0.15) is 6.73 Å². The molecular formula is C16H18BrNO2. The maximum absolute atomic E-state index is 12.9. The van der Waals surface area contributed by atoms with Crippen molar-refractivity contribution in [2.75, 3.05) is 18.7 Å². The first-order valence-corrected chi connectivity index (χ1v) is 7.64. The second-order valence-electron chi connectivity index (χ2n) is 5.65. The first kappa shape index (κ1) is 13.8. The van der Waals surface area contributed by atoms with E-state index >= 15 is 0 Å². The van der Waals surface area contributed by atoms with Crippen LogP contribution in [0.15, 0.2) is 34.3 Å². The SMILES string of the molecule is COCN1C(=O)[C@]2(CC=C(C)CC2)c2ccc(Br)cc21. The number of carbonyl (C=O) groups is 1. The molecule has 0 N–H and O–H groups in total. The fourth-order valence-electron chi connectivity index (χ4n) is 3.28. The summed E-state index contributed by atoms with van der Waals surface area (Å²) in [6.07, 6.45) is 4.89. The Balaban J connectivity index is 2.12. The van der Waals surface area contributed by atoms with Crippen molar-refractivity contribution >= 4 is 27.5 Å². The minimum Gasteiger partial charge on any atom is -0.364 e. The average Bonchev–Trinajstić information content (AvgIpc) is 2.65. The van der Waals surface area contributed by atoms with Crippen LogP contribution in [0.2, 0.25) is 0 Å². The van der Waals surface area contributed by atoms with Gasteiger partial charge in [-0.2, -0.15) is 0 Å². The summed E-state index contributed by atoms with van der Waals surface area (Å²) in [5.41, 5.74) is 3.13. The number of anilines is 1. The van der Waals surface area contributed by atoms with Gasteiger partial charge in [-0.3, -0.25) is 9.69 Å². The Hall–Kier alpha value is -1.13. The highest BCUT2D eigenvalue weighted by atomic mass is 79.9. The van der Waals surface area contributed by atoms with Crippen LogP contribution in [0.1, 0.15) is 31.7 Å². The lowest BCUT2D eigenvalue weighted by molar-refractivity contribution is -0.124. The summed E-state index contributed by atoms with van der Waals surface area (Å²) >= 11 is 3.49. The fourth-order valence-corrected chi connectivity index (χ4v) is 3.62. The summed E-state index contributed by atoms with van der Waals surface area (Å²) in [4.78, 5) is 14.7. The summed E-state index contributed by atoms with van der Waals surface area (Å²) in [7, 11) is 1.63. The van der Waals surface area contributed by atoms with Crippen molar-refractivity contribution in [3.05, 3.63) is 39.9 Å². The van der Waals surface area contributed by atoms with E-state index in [-0.39, 0.29) is 11.3 Å². The van der Waals surface area contributed by atoms with Crippen LogP contribution in [-0.4, -0.2) is 19.7 Å². The molecule has 0 bridgehead atoms. The summed E-state index contributed by atoms with van der Waals surface area (Å²) in [6.45, 7) is 2.45. The third-order valence-electron chi connectivity index (χ3n) is 4.42. The molecule has 0 fully saturated rings. The summed E-state index contributed by atoms with van der Waals surface area (Å²) in [6, 6.07) is 6.13. The van der Waals surface area contributed by atoms with E-state index < -0.39 is 0 Å². The number of ether oxygens (including phenoxy) is 1. The van der Waals surface area contributed by atoms with Gasteiger partial charge in [0.15, 0.2) is 0 Å². The smallest absolute Gasteiger partial charge is 0.239 e. The summed E-state index contributed by atoms with van der Waals surface area (Å²) < 4.78 is 6.21. The van der Waals surface area contributed by atoms with Crippen LogP contribution in [-0.2, 0) is 14.9 Å². The van der Waals surface area contributed by atoms with Crippen molar-refractivity contribution in [3.8, 4) is 0 Å². The lowest BCUT2D eigenvalue weighted by atomic mass is 9.71. The van der Waals surface area contributed by atoms with E-state index in [1.807, 2.05) is 12.1 Å². The van der Waals surface area contributed by atoms with Gasteiger partial charge < -0.3 is 4.74 Å². The monoisotopic (exact) mass is 335 g/mol. The zero-order valence-corrected chi connectivity index (χ0v) is 13.4. The molecule has 1 aromatic carbocycles. The number of halogens is 1. The largest absolute Gasteiger partial charge is 0.364 e. The number of benzene rings is 1. The van der Waals surface area contributed by atoms with Gasteiger partial charge in [0, 0.05) is 11.6 Å². The Morgan fingerprint density at radius 3 is 2.90 bits per heavy atom. The fraction of sp³-hybridized carbons (Fsp3) is 0.438. The van der Waals surface area contributed by atoms with Crippen LogP contribution in [0.3, 0.4) is 0 Å². The molecule has 1 aliphatic carbocycles. The molecule has 106 valence electrons. The lowest BCUT2D eigenvalue weighted by Gasteiger charge is -2.31. The maximum atomic E-state index is 12.9. The molecule has 1 aromatic rings. The number of hydrogen-bond acceptors (Lipinski definition) is 2. The van der Waals surface area contributed by atoms with Gasteiger partial charge in [0.2, 0.25) is 5.91 Å². The van der Waals surface area contributed by atoms with Crippen LogP contribution < -0.4 is 4.90 Å². The molecule has 3 nitrogen and oxygen atoms in total. The number of amides is 1. The third kappa shape index (κ3) is 1.93. The highest BCUT2D eigenvalue weighted by molar-refractivity contribution is 9.10. The number of rotatable bonds is 2. The molecule has 1 heterocycles. The van der Waals surface area contributed by atoms with E-state index in [4.69, 9.17) is 4.74 Å². The van der Waals surface area contributed by atoms with Crippen LogP contribution in [0.4, 0.5) is 5.69 Å². The maximum Gasteiger partial charge on any atom is 0.239 e. The van der Waals surface area contributed by atoms with Crippen molar-refractivity contribution in [1.82, 2.24) is 0 Å². The molecule has 0 unspecified atom stereocenters. The second kappa shape index (κ2) is 5.01. The molecule has 0 saturated carbocycles. The third-order valence-corrected chi connectivity index (χ3v) is 4.92. The van der Waals surface area contributed by atoms with E-state index in [1.54, 1.807) is 12.0 Å². The van der Waals surface area contributed by atoms with Gasteiger partial charge >= 0.3 is 0 Å². The standard InChI is InChI=1S/C16H18BrNO2/c1-11-5-7-16(8-6-11)13-4-3-12(17)9-14(13)18(10-20-2)15(16)19/h3-5,9H,6-8,10H2,1-2H3/t16-/m0/s1. The molecular weight excluding hydrogens is 318 g/mol. The second-order valence-corrected chi connectivity index (χ2v) is 6.56. The summed E-state index contributed by atoms with van der Waals surface area (Å²) in [5, 5.41) is 0. The number of hydrogen-bond donors (Lipinski definition) is 0. The molecule has 0 saturated heterocycles.